The summed E-state index contributed by atoms with van der Waals surface area (Å²) in [7, 11) is 0. The third kappa shape index (κ3) is 1.65. The fraction of sp³-hybridized carbons (Fsp3) is 0.200. The summed E-state index contributed by atoms with van der Waals surface area (Å²) in [6.07, 6.45) is 1.39. The fourth-order valence-corrected chi connectivity index (χ4v) is 1.40. The van der Waals surface area contributed by atoms with Crippen molar-refractivity contribution in [2.45, 2.75) is 5.92 Å². The summed E-state index contributed by atoms with van der Waals surface area (Å²) in [6, 6.07) is 9.90. The summed E-state index contributed by atoms with van der Waals surface area (Å²) < 4.78 is 5.00. The van der Waals surface area contributed by atoms with E-state index in [0.717, 1.165) is 5.56 Å². The minimum Gasteiger partial charge on any atom is -0.339 e. The molecule has 0 bridgehead atoms. The first kappa shape index (κ1) is 8.90. The van der Waals surface area contributed by atoms with Crippen LogP contribution in [0.1, 0.15) is 17.4 Å². The van der Waals surface area contributed by atoms with E-state index in [0.29, 0.717) is 12.4 Å². The number of hydrogen-bond acceptors (Lipinski definition) is 4. The maximum absolute atomic E-state index is 5.67. The third-order valence-electron chi connectivity index (χ3n) is 2.11. The molecular formula is C10H11N3O. The Morgan fingerprint density at radius 2 is 2.07 bits per heavy atom. The Morgan fingerprint density at radius 1 is 1.29 bits per heavy atom. The minimum atomic E-state index is -0.00120. The predicted octanol–water partition coefficient (Wildman–Crippen LogP) is 1.16. The summed E-state index contributed by atoms with van der Waals surface area (Å²) >= 11 is 0. The molecule has 14 heavy (non-hydrogen) atoms. The summed E-state index contributed by atoms with van der Waals surface area (Å²) in [5, 5.41) is 3.57. The van der Waals surface area contributed by atoms with Crippen LogP contribution in [-0.4, -0.2) is 16.7 Å². The maximum Gasteiger partial charge on any atom is 0.235 e. The van der Waals surface area contributed by atoms with Crippen LogP contribution in [0.2, 0.25) is 0 Å². The third-order valence-corrected chi connectivity index (χ3v) is 2.11. The lowest BCUT2D eigenvalue weighted by Gasteiger charge is -2.09. The van der Waals surface area contributed by atoms with Crippen LogP contribution >= 0.6 is 0 Å². The van der Waals surface area contributed by atoms with Crippen molar-refractivity contribution in [2.24, 2.45) is 5.73 Å². The van der Waals surface area contributed by atoms with E-state index in [4.69, 9.17) is 10.3 Å². The molecule has 72 valence electrons. The van der Waals surface area contributed by atoms with Crippen LogP contribution in [0.3, 0.4) is 0 Å². The molecule has 0 aliphatic rings. The van der Waals surface area contributed by atoms with Crippen LogP contribution in [0, 0.1) is 0 Å². The van der Waals surface area contributed by atoms with Crippen LogP contribution in [0.5, 0.6) is 0 Å². The SMILES string of the molecule is NCC(c1ccccc1)c1ncno1. The Balaban J connectivity index is 2.31. The van der Waals surface area contributed by atoms with Crippen LogP contribution in [0.25, 0.3) is 0 Å². The van der Waals surface area contributed by atoms with Gasteiger partial charge in [0.15, 0.2) is 6.33 Å². The van der Waals surface area contributed by atoms with Gasteiger partial charge >= 0.3 is 0 Å². The number of benzene rings is 1. The zero-order valence-electron chi connectivity index (χ0n) is 7.63. The Labute approximate surface area is 81.7 Å². The van der Waals surface area contributed by atoms with Gasteiger partial charge in [-0.2, -0.15) is 4.98 Å². The van der Waals surface area contributed by atoms with Gasteiger partial charge in [-0.25, -0.2) is 0 Å². The van der Waals surface area contributed by atoms with Crippen LogP contribution in [0.15, 0.2) is 41.2 Å². The van der Waals surface area contributed by atoms with Crippen molar-refractivity contribution < 1.29 is 4.52 Å². The van der Waals surface area contributed by atoms with Crippen molar-refractivity contribution in [3.8, 4) is 0 Å². The predicted molar refractivity (Wildman–Crippen MR) is 51.6 cm³/mol. The number of hydrogen-bond donors (Lipinski definition) is 1. The summed E-state index contributed by atoms with van der Waals surface area (Å²) in [5.74, 6) is 0.567. The smallest absolute Gasteiger partial charge is 0.235 e. The summed E-state index contributed by atoms with van der Waals surface area (Å²) in [5.41, 5.74) is 6.76. The lowest BCUT2D eigenvalue weighted by molar-refractivity contribution is 0.366. The largest absolute Gasteiger partial charge is 0.339 e. The van der Waals surface area contributed by atoms with Gasteiger partial charge < -0.3 is 10.3 Å². The molecule has 0 radical (unpaired) electrons. The summed E-state index contributed by atoms with van der Waals surface area (Å²) in [4.78, 5) is 4.01. The van der Waals surface area contributed by atoms with Crippen molar-refractivity contribution in [3.05, 3.63) is 48.1 Å². The highest BCUT2D eigenvalue weighted by molar-refractivity contribution is 5.24. The molecule has 4 heteroatoms. The first-order valence-corrected chi connectivity index (χ1v) is 4.43. The molecule has 2 rings (SSSR count). The van der Waals surface area contributed by atoms with Gasteiger partial charge in [-0.05, 0) is 5.56 Å². The average molecular weight is 189 g/mol. The van der Waals surface area contributed by atoms with Gasteiger partial charge in [-0.1, -0.05) is 35.5 Å². The van der Waals surface area contributed by atoms with E-state index in [9.17, 15) is 0 Å². The molecule has 1 unspecified atom stereocenters. The first-order chi connectivity index (χ1) is 6.92. The van der Waals surface area contributed by atoms with Crippen molar-refractivity contribution in [1.29, 1.82) is 0 Å². The van der Waals surface area contributed by atoms with Crippen molar-refractivity contribution in [2.75, 3.05) is 6.54 Å². The molecule has 0 fully saturated rings. The van der Waals surface area contributed by atoms with Gasteiger partial charge in [-0.15, -0.1) is 0 Å². The van der Waals surface area contributed by atoms with Crippen LogP contribution < -0.4 is 5.73 Å². The van der Waals surface area contributed by atoms with Gasteiger partial charge in [0.1, 0.15) is 0 Å². The van der Waals surface area contributed by atoms with E-state index < -0.39 is 0 Å². The highest BCUT2D eigenvalue weighted by atomic mass is 16.5. The topological polar surface area (TPSA) is 64.9 Å². The molecule has 1 aromatic heterocycles. The van der Waals surface area contributed by atoms with E-state index in [1.165, 1.54) is 6.33 Å². The molecule has 1 heterocycles. The number of nitrogens with two attached hydrogens (primary N) is 1. The van der Waals surface area contributed by atoms with Crippen LogP contribution in [0.4, 0.5) is 0 Å². The minimum absolute atomic E-state index is 0.00120. The lowest BCUT2D eigenvalue weighted by Crippen LogP contribution is -2.13. The van der Waals surface area contributed by atoms with Gasteiger partial charge in [0.25, 0.3) is 0 Å². The lowest BCUT2D eigenvalue weighted by atomic mass is 9.99. The molecule has 0 amide bonds. The van der Waals surface area contributed by atoms with E-state index in [-0.39, 0.29) is 5.92 Å². The Morgan fingerprint density at radius 3 is 2.64 bits per heavy atom. The van der Waals surface area contributed by atoms with E-state index >= 15 is 0 Å². The molecule has 2 N–H and O–H groups in total. The average Bonchev–Trinajstić information content (AvgIpc) is 2.74. The quantitative estimate of drug-likeness (QED) is 0.786. The second-order valence-corrected chi connectivity index (χ2v) is 2.98. The highest BCUT2D eigenvalue weighted by Crippen LogP contribution is 2.20. The summed E-state index contributed by atoms with van der Waals surface area (Å²) in [6.45, 7) is 0.464. The monoisotopic (exact) mass is 189 g/mol. The standard InChI is InChI=1S/C10H11N3O/c11-6-9(10-12-7-13-14-10)8-4-2-1-3-5-8/h1-5,7,9H,6,11H2. The fourth-order valence-electron chi connectivity index (χ4n) is 1.40. The molecule has 4 nitrogen and oxygen atoms in total. The molecule has 0 aliphatic heterocycles. The molecule has 0 saturated carbocycles. The molecule has 1 aromatic carbocycles. The Kier molecular flexibility index (Phi) is 2.55. The van der Waals surface area contributed by atoms with Gasteiger partial charge in [0, 0.05) is 6.54 Å². The molecule has 0 spiro atoms. The normalized spacial score (nSPS) is 12.6. The molecule has 0 saturated heterocycles. The van der Waals surface area contributed by atoms with Crippen molar-refractivity contribution in [3.63, 3.8) is 0 Å². The molecule has 1 atom stereocenters. The van der Waals surface area contributed by atoms with Gasteiger partial charge in [0.2, 0.25) is 5.89 Å². The van der Waals surface area contributed by atoms with Gasteiger partial charge in [-0.3, -0.25) is 0 Å². The Bertz CT molecular complexity index is 372. The zero-order valence-corrected chi connectivity index (χ0v) is 7.63. The molecular weight excluding hydrogens is 178 g/mol. The van der Waals surface area contributed by atoms with E-state index in [2.05, 4.69) is 10.1 Å². The van der Waals surface area contributed by atoms with Crippen molar-refractivity contribution >= 4 is 0 Å². The maximum atomic E-state index is 5.67. The van der Waals surface area contributed by atoms with E-state index in [1.807, 2.05) is 30.3 Å². The molecule has 2 aromatic rings. The molecule has 0 aliphatic carbocycles. The van der Waals surface area contributed by atoms with Crippen LogP contribution in [-0.2, 0) is 0 Å². The Hall–Kier alpha value is -1.68. The highest BCUT2D eigenvalue weighted by Gasteiger charge is 2.16. The second-order valence-electron chi connectivity index (χ2n) is 2.98. The van der Waals surface area contributed by atoms with E-state index in [1.54, 1.807) is 0 Å². The number of aromatic nitrogens is 2. The van der Waals surface area contributed by atoms with Gasteiger partial charge in [0.05, 0.1) is 5.92 Å². The zero-order chi connectivity index (χ0) is 9.80. The number of rotatable bonds is 3. The number of nitrogens with zero attached hydrogens (tertiary/aromatic N) is 2. The van der Waals surface area contributed by atoms with Crippen molar-refractivity contribution in [1.82, 2.24) is 10.1 Å². The second kappa shape index (κ2) is 4.02. The first-order valence-electron chi connectivity index (χ1n) is 4.43.